The van der Waals surface area contributed by atoms with Crippen LogP contribution in [0.3, 0.4) is 0 Å². The average molecular weight is 353 g/mol. The molecule has 26 heavy (non-hydrogen) atoms. The molecule has 0 amide bonds. The second-order valence-electron chi connectivity index (χ2n) is 6.24. The lowest BCUT2D eigenvalue weighted by Gasteiger charge is -2.10. The van der Waals surface area contributed by atoms with Crippen molar-refractivity contribution in [2.24, 2.45) is 0 Å². The molecule has 0 atom stereocenters. The number of pyridine rings is 1. The van der Waals surface area contributed by atoms with Crippen molar-refractivity contribution in [3.63, 3.8) is 0 Å². The number of rotatable bonds is 2. The van der Waals surface area contributed by atoms with Crippen molar-refractivity contribution in [1.29, 1.82) is 0 Å². The van der Waals surface area contributed by atoms with E-state index < -0.39 is 0 Å². The molecule has 0 saturated carbocycles. The van der Waals surface area contributed by atoms with Gasteiger partial charge in [0.2, 0.25) is 0 Å². The van der Waals surface area contributed by atoms with Crippen LogP contribution >= 0.6 is 11.3 Å². The third-order valence-corrected chi connectivity index (χ3v) is 5.52. The van der Waals surface area contributed by atoms with Crippen molar-refractivity contribution in [1.82, 2.24) is 15.2 Å². The van der Waals surface area contributed by atoms with E-state index in [4.69, 9.17) is 4.98 Å². The second-order valence-corrected chi connectivity index (χ2v) is 7.27. The Morgan fingerprint density at radius 3 is 2.15 bits per heavy atom. The Kier molecular flexibility index (Phi) is 3.50. The molecule has 0 bridgehead atoms. The Morgan fingerprint density at radius 2 is 1.42 bits per heavy atom. The molecule has 0 radical (unpaired) electrons. The van der Waals surface area contributed by atoms with E-state index in [0.717, 1.165) is 48.5 Å². The van der Waals surface area contributed by atoms with Crippen molar-refractivity contribution >= 4 is 31.8 Å². The molecule has 4 heteroatoms. The van der Waals surface area contributed by atoms with Crippen LogP contribution in [0.25, 0.3) is 42.8 Å². The molecule has 3 heterocycles. The Bertz CT molecular complexity index is 1230. The predicted octanol–water partition coefficient (Wildman–Crippen LogP) is 5.88. The summed E-state index contributed by atoms with van der Waals surface area (Å²) in [5, 5.41) is 10.2. The Hall–Kier alpha value is -3.11. The van der Waals surface area contributed by atoms with Gasteiger partial charge in [-0.15, -0.1) is 21.5 Å². The van der Waals surface area contributed by atoms with Crippen LogP contribution in [0.2, 0.25) is 0 Å². The maximum absolute atomic E-state index is 4.83. The maximum Gasteiger partial charge on any atom is 0.149 e. The number of benzene rings is 2. The number of hydrogen-bond acceptors (Lipinski definition) is 4. The third kappa shape index (κ3) is 2.38. The minimum absolute atomic E-state index is 0.896. The topological polar surface area (TPSA) is 38.7 Å². The molecule has 3 aromatic heterocycles. The smallest absolute Gasteiger partial charge is 0.149 e. The predicted molar refractivity (Wildman–Crippen MR) is 108 cm³/mol. The lowest BCUT2D eigenvalue weighted by Crippen LogP contribution is -1.94. The SMILES string of the molecule is Cc1ccc2sc3nnc(-c4ccccc4)c(-c4ccccc4)c3c2n1. The van der Waals surface area contributed by atoms with E-state index in [9.17, 15) is 0 Å². The first kappa shape index (κ1) is 15.2. The molecule has 0 saturated heterocycles. The molecule has 0 fully saturated rings. The molecule has 0 spiro atoms. The van der Waals surface area contributed by atoms with Crippen LogP contribution in [-0.4, -0.2) is 15.2 Å². The Labute approximate surface area is 155 Å². The fourth-order valence-corrected chi connectivity index (χ4v) is 4.28. The number of hydrogen-bond donors (Lipinski definition) is 0. The summed E-state index contributed by atoms with van der Waals surface area (Å²) in [7, 11) is 0. The molecular formula is C22H15N3S. The van der Waals surface area contributed by atoms with Gasteiger partial charge in [0, 0.05) is 22.2 Å². The van der Waals surface area contributed by atoms with Crippen LogP contribution in [0.15, 0.2) is 72.8 Å². The summed E-state index contributed by atoms with van der Waals surface area (Å²) < 4.78 is 1.14. The van der Waals surface area contributed by atoms with E-state index in [2.05, 4.69) is 52.7 Å². The number of aromatic nitrogens is 3. The van der Waals surface area contributed by atoms with Gasteiger partial charge in [-0.05, 0) is 24.6 Å². The van der Waals surface area contributed by atoms with E-state index in [1.54, 1.807) is 11.3 Å². The van der Waals surface area contributed by atoms with Crippen molar-refractivity contribution < 1.29 is 0 Å². The molecule has 124 valence electrons. The molecule has 0 aliphatic heterocycles. The minimum Gasteiger partial charge on any atom is -0.252 e. The maximum atomic E-state index is 4.83. The second kappa shape index (κ2) is 6.00. The largest absolute Gasteiger partial charge is 0.252 e. The zero-order valence-electron chi connectivity index (χ0n) is 14.2. The lowest BCUT2D eigenvalue weighted by atomic mass is 9.97. The molecule has 5 aromatic rings. The highest BCUT2D eigenvalue weighted by atomic mass is 32.1. The third-order valence-electron chi connectivity index (χ3n) is 4.49. The molecule has 3 nitrogen and oxygen atoms in total. The summed E-state index contributed by atoms with van der Waals surface area (Å²) in [6, 6.07) is 24.8. The van der Waals surface area contributed by atoms with Crippen LogP contribution in [0.4, 0.5) is 0 Å². The quantitative estimate of drug-likeness (QED) is 0.398. The zero-order chi connectivity index (χ0) is 17.5. The molecular weight excluding hydrogens is 338 g/mol. The van der Waals surface area contributed by atoms with Gasteiger partial charge >= 0.3 is 0 Å². The highest BCUT2D eigenvalue weighted by molar-refractivity contribution is 7.25. The van der Waals surface area contributed by atoms with Gasteiger partial charge in [0.1, 0.15) is 10.5 Å². The first-order valence-electron chi connectivity index (χ1n) is 8.48. The fourth-order valence-electron chi connectivity index (χ4n) is 3.31. The number of thiophene rings is 1. The van der Waals surface area contributed by atoms with Gasteiger partial charge in [-0.25, -0.2) is 0 Å². The summed E-state index contributed by atoms with van der Waals surface area (Å²) in [5.41, 5.74) is 6.21. The molecule has 0 unspecified atom stereocenters. The van der Waals surface area contributed by atoms with Crippen LogP contribution in [0, 0.1) is 6.92 Å². The van der Waals surface area contributed by atoms with Crippen LogP contribution in [-0.2, 0) is 0 Å². The van der Waals surface area contributed by atoms with Crippen LogP contribution < -0.4 is 0 Å². The molecule has 0 aliphatic rings. The first-order chi connectivity index (χ1) is 12.8. The van der Waals surface area contributed by atoms with Crippen LogP contribution in [0.5, 0.6) is 0 Å². The van der Waals surface area contributed by atoms with Crippen molar-refractivity contribution in [3.8, 4) is 22.4 Å². The van der Waals surface area contributed by atoms with Crippen molar-refractivity contribution in [2.45, 2.75) is 6.92 Å². The van der Waals surface area contributed by atoms with Gasteiger partial charge in [0.05, 0.1) is 10.2 Å². The summed E-state index contributed by atoms with van der Waals surface area (Å²) in [4.78, 5) is 5.75. The van der Waals surface area contributed by atoms with Gasteiger partial charge in [-0.1, -0.05) is 60.7 Å². The van der Waals surface area contributed by atoms with Crippen molar-refractivity contribution in [3.05, 3.63) is 78.5 Å². The van der Waals surface area contributed by atoms with E-state index >= 15 is 0 Å². The van der Waals surface area contributed by atoms with E-state index in [1.807, 2.05) is 37.3 Å². The normalized spacial score (nSPS) is 11.3. The first-order valence-corrected chi connectivity index (χ1v) is 9.30. The molecule has 2 aromatic carbocycles. The lowest BCUT2D eigenvalue weighted by molar-refractivity contribution is 1.09. The summed E-state index contributed by atoms with van der Waals surface area (Å²) in [6.07, 6.45) is 0. The number of aryl methyl sites for hydroxylation is 1. The van der Waals surface area contributed by atoms with Gasteiger partial charge in [-0.2, -0.15) is 0 Å². The fraction of sp³-hybridized carbons (Fsp3) is 0.0455. The molecule has 0 aliphatic carbocycles. The van der Waals surface area contributed by atoms with E-state index in [-0.39, 0.29) is 0 Å². The van der Waals surface area contributed by atoms with Gasteiger partial charge in [0.25, 0.3) is 0 Å². The van der Waals surface area contributed by atoms with Crippen LogP contribution in [0.1, 0.15) is 5.69 Å². The van der Waals surface area contributed by atoms with E-state index in [0.29, 0.717) is 0 Å². The molecule has 5 rings (SSSR count). The highest BCUT2D eigenvalue weighted by Gasteiger charge is 2.19. The van der Waals surface area contributed by atoms with E-state index in [1.165, 1.54) is 0 Å². The monoisotopic (exact) mass is 353 g/mol. The highest BCUT2D eigenvalue weighted by Crippen LogP contribution is 2.41. The summed E-state index contributed by atoms with van der Waals surface area (Å²) in [5.74, 6) is 0. The number of fused-ring (bicyclic) bond motifs is 3. The molecule has 0 N–H and O–H groups in total. The minimum atomic E-state index is 0.896. The summed E-state index contributed by atoms with van der Waals surface area (Å²) in [6.45, 7) is 2.03. The Morgan fingerprint density at radius 1 is 0.731 bits per heavy atom. The van der Waals surface area contributed by atoms with Crippen molar-refractivity contribution in [2.75, 3.05) is 0 Å². The van der Waals surface area contributed by atoms with Gasteiger partial charge in [-0.3, -0.25) is 4.98 Å². The summed E-state index contributed by atoms with van der Waals surface area (Å²) >= 11 is 1.65. The van der Waals surface area contributed by atoms with Gasteiger partial charge < -0.3 is 0 Å². The Balaban J connectivity index is 1.97. The average Bonchev–Trinajstić information content (AvgIpc) is 3.06. The number of nitrogens with zero attached hydrogens (tertiary/aromatic N) is 3. The standard InChI is InChI=1S/C22H15N3S/c1-14-12-13-17-21(23-14)19-18(15-8-4-2-5-9-15)20(24-25-22(19)26-17)16-10-6-3-7-11-16/h2-13H,1H3. The zero-order valence-corrected chi connectivity index (χ0v) is 15.0. The van der Waals surface area contributed by atoms with Gasteiger partial charge in [0.15, 0.2) is 0 Å².